The third kappa shape index (κ3) is 5.01. The lowest BCUT2D eigenvalue weighted by Crippen LogP contribution is -2.09. The minimum atomic E-state index is -4.12. The Bertz CT molecular complexity index is 316. The molecule has 0 bridgehead atoms. The Morgan fingerprint density at radius 1 is 1.40 bits per heavy atom. The van der Waals surface area contributed by atoms with E-state index >= 15 is 0 Å². The number of alkyl halides is 3. The smallest absolute Gasteiger partial charge is 0.389 e. The standard InChI is InChI=1S/C9H9BrF3NO/c10-8-7(3-1-5-14-8)15-6-2-4-9(11,12)13/h1,3,5H,2,4,6H2. The first-order valence-corrected chi connectivity index (χ1v) is 5.08. The summed E-state index contributed by atoms with van der Waals surface area (Å²) >= 11 is 3.13. The van der Waals surface area contributed by atoms with Gasteiger partial charge in [0.15, 0.2) is 5.75 Å². The number of hydrogen-bond acceptors (Lipinski definition) is 2. The fourth-order valence-electron chi connectivity index (χ4n) is 0.934. The second-order valence-electron chi connectivity index (χ2n) is 2.86. The van der Waals surface area contributed by atoms with Crippen LogP contribution in [0.15, 0.2) is 22.9 Å². The second-order valence-corrected chi connectivity index (χ2v) is 3.61. The van der Waals surface area contributed by atoms with Gasteiger partial charge in [0.25, 0.3) is 0 Å². The van der Waals surface area contributed by atoms with Crippen molar-refractivity contribution in [3.05, 3.63) is 22.9 Å². The molecule has 0 aliphatic heterocycles. The zero-order valence-electron chi connectivity index (χ0n) is 7.72. The van der Waals surface area contributed by atoms with Crippen LogP contribution in [-0.4, -0.2) is 17.8 Å². The predicted molar refractivity (Wildman–Crippen MR) is 52.7 cm³/mol. The Balaban J connectivity index is 2.30. The van der Waals surface area contributed by atoms with E-state index in [-0.39, 0.29) is 13.0 Å². The molecule has 2 nitrogen and oxygen atoms in total. The molecule has 15 heavy (non-hydrogen) atoms. The van der Waals surface area contributed by atoms with Gasteiger partial charge in [-0.1, -0.05) is 0 Å². The maximum Gasteiger partial charge on any atom is 0.389 e. The summed E-state index contributed by atoms with van der Waals surface area (Å²) in [7, 11) is 0. The Morgan fingerprint density at radius 3 is 2.73 bits per heavy atom. The molecule has 0 saturated heterocycles. The molecule has 1 aromatic rings. The molecule has 84 valence electrons. The van der Waals surface area contributed by atoms with Gasteiger partial charge < -0.3 is 4.74 Å². The van der Waals surface area contributed by atoms with Crippen molar-refractivity contribution in [2.45, 2.75) is 19.0 Å². The summed E-state index contributed by atoms with van der Waals surface area (Å²) in [6.07, 6.45) is -3.43. The molecule has 1 aromatic heterocycles. The lowest BCUT2D eigenvalue weighted by molar-refractivity contribution is -0.136. The van der Waals surface area contributed by atoms with Gasteiger partial charge in [0.1, 0.15) is 4.60 Å². The normalized spacial score (nSPS) is 11.5. The average Bonchev–Trinajstić information content (AvgIpc) is 2.13. The first-order valence-electron chi connectivity index (χ1n) is 4.29. The van der Waals surface area contributed by atoms with Gasteiger partial charge in [-0.05, 0) is 34.5 Å². The van der Waals surface area contributed by atoms with Gasteiger partial charge in [-0.3, -0.25) is 0 Å². The zero-order chi connectivity index (χ0) is 11.3. The van der Waals surface area contributed by atoms with E-state index in [0.717, 1.165) is 0 Å². The number of pyridine rings is 1. The Labute approximate surface area is 93.6 Å². The number of nitrogens with zero attached hydrogens (tertiary/aromatic N) is 1. The van der Waals surface area contributed by atoms with Gasteiger partial charge in [-0.15, -0.1) is 0 Å². The van der Waals surface area contributed by atoms with Gasteiger partial charge in [0, 0.05) is 12.6 Å². The Kier molecular flexibility index (Phi) is 4.38. The molecule has 0 unspecified atom stereocenters. The molecule has 0 atom stereocenters. The minimum Gasteiger partial charge on any atom is -0.491 e. The highest BCUT2D eigenvalue weighted by Gasteiger charge is 2.26. The highest BCUT2D eigenvalue weighted by Crippen LogP contribution is 2.23. The van der Waals surface area contributed by atoms with Gasteiger partial charge in [-0.2, -0.15) is 13.2 Å². The molecular weight excluding hydrogens is 275 g/mol. The lowest BCUT2D eigenvalue weighted by atomic mass is 10.3. The minimum absolute atomic E-state index is 0.0316. The molecule has 0 amide bonds. The van der Waals surface area contributed by atoms with Crippen molar-refractivity contribution in [1.82, 2.24) is 4.98 Å². The Morgan fingerprint density at radius 2 is 2.13 bits per heavy atom. The monoisotopic (exact) mass is 283 g/mol. The van der Waals surface area contributed by atoms with Crippen LogP contribution in [0, 0.1) is 0 Å². The highest BCUT2D eigenvalue weighted by atomic mass is 79.9. The van der Waals surface area contributed by atoms with Gasteiger partial charge in [0.05, 0.1) is 6.61 Å². The molecule has 0 saturated carbocycles. The molecule has 0 aliphatic rings. The van der Waals surface area contributed by atoms with Crippen LogP contribution in [0.2, 0.25) is 0 Å². The number of ether oxygens (including phenoxy) is 1. The quantitative estimate of drug-likeness (QED) is 0.623. The maximum absolute atomic E-state index is 11.8. The summed E-state index contributed by atoms with van der Waals surface area (Å²) in [5, 5.41) is 0. The first-order chi connectivity index (χ1) is 6.99. The van der Waals surface area contributed by atoms with Crippen LogP contribution in [0.25, 0.3) is 0 Å². The summed E-state index contributed by atoms with van der Waals surface area (Å²) in [5.41, 5.74) is 0. The van der Waals surface area contributed by atoms with Crippen molar-refractivity contribution in [3.63, 3.8) is 0 Å². The van der Waals surface area contributed by atoms with Crippen LogP contribution in [-0.2, 0) is 0 Å². The van der Waals surface area contributed by atoms with Crippen LogP contribution in [0.5, 0.6) is 5.75 Å². The molecule has 1 rings (SSSR count). The van der Waals surface area contributed by atoms with Crippen molar-refractivity contribution in [3.8, 4) is 5.75 Å². The molecule has 0 fully saturated rings. The van der Waals surface area contributed by atoms with Crippen LogP contribution < -0.4 is 4.74 Å². The molecular formula is C9H9BrF3NO. The fraction of sp³-hybridized carbons (Fsp3) is 0.444. The van der Waals surface area contributed by atoms with Crippen LogP contribution in [0.1, 0.15) is 12.8 Å². The van der Waals surface area contributed by atoms with Crippen LogP contribution in [0.4, 0.5) is 13.2 Å². The third-order valence-electron chi connectivity index (χ3n) is 1.59. The number of aromatic nitrogens is 1. The van der Waals surface area contributed by atoms with Gasteiger partial charge >= 0.3 is 6.18 Å². The fourth-order valence-corrected chi connectivity index (χ4v) is 1.30. The summed E-state index contributed by atoms with van der Waals surface area (Å²) in [4.78, 5) is 3.88. The average molecular weight is 284 g/mol. The lowest BCUT2D eigenvalue weighted by Gasteiger charge is -2.08. The summed E-state index contributed by atoms with van der Waals surface area (Å²) in [6, 6.07) is 3.30. The number of rotatable bonds is 4. The summed E-state index contributed by atoms with van der Waals surface area (Å²) < 4.78 is 41.0. The van der Waals surface area contributed by atoms with E-state index in [2.05, 4.69) is 20.9 Å². The maximum atomic E-state index is 11.8. The van der Waals surface area contributed by atoms with E-state index in [1.807, 2.05) is 0 Å². The van der Waals surface area contributed by atoms with Gasteiger partial charge in [0.2, 0.25) is 0 Å². The van der Waals surface area contributed by atoms with Crippen LogP contribution in [0.3, 0.4) is 0 Å². The largest absolute Gasteiger partial charge is 0.491 e. The highest BCUT2D eigenvalue weighted by molar-refractivity contribution is 9.10. The van der Waals surface area contributed by atoms with Crippen molar-refractivity contribution in [2.75, 3.05) is 6.61 Å². The van der Waals surface area contributed by atoms with E-state index in [9.17, 15) is 13.2 Å². The SMILES string of the molecule is FC(F)(F)CCCOc1cccnc1Br. The first kappa shape index (κ1) is 12.3. The molecule has 6 heteroatoms. The van der Waals surface area contributed by atoms with E-state index in [4.69, 9.17) is 4.74 Å². The molecule has 0 aromatic carbocycles. The van der Waals surface area contributed by atoms with E-state index in [1.54, 1.807) is 18.3 Å². The molecule has 1 heterocycles. The number of hydrogen-bond donors (Lipinski definition) is 0. The van der Waals surface area contributed by atoms with E-state index in [1.165, 1.54) is 0 Å². The Hall–Kier alpha value is -0.780. The third-order valence-corrected chi connectivity index (χ3v) is 2.18. The topological polar surface area (TPSA) is 22.1 Å². The van der Waals surface area contributed by atoms with Crippen molar-refractivity contribution in [1.29, 1.82) is 0 Å². The van der Waals surface area contributed by atoms with E-state index < -0.39 is 12.6 Å². The summed E-state index contributed by atoms with van der Waals surface area (Å²) in [6.45, 7) is 0.0316. The van der Waals surface area contributed by atoms with Crippen molar-refractivity contribution in [2.24, 2.45) is 0 Å². The number of halogens is 4. The zero-order valence-corrected chi connectivity index (χ0v) is 9.31. The molecule has 0 aliphatic carbocycles. The summed E-state index contributed by atoms with van der Waals surface area (Å²) in [5.74, 6) is 0.458. The molecule has 0 radical (unpaired) electrons. The van der Waals surface area contributed by atoms with Crippen molar-refractivity contribution >= 4 is 15.9 Å². The van der Waals surface area contributed by atoms with E-state index in [0.29, 0.717) is 10.4 Å². The van der Waals surface area contributed by atoms with Crippen molar-refractivity contribution < 1.29 is 17.9 Å². The second kappa shape index (κ2) is 5.34. The van der Waals surface area contributed by atoms with Crippen LogP contribution >= 0.6 is 15.9 Å². The predicted octanol–water partition coefficient (Wildman–Crippen LogP) is 3.57. The molecule has 0 spiro atoms. The molecule has 0 N–H and O–H groups in total. The van der Waals surface area contributed by atoms with Gasteiger partial charge in [-0.25, -0.2) is 4.98 Å².